The summed E-state index contributed by atoms with van der Waals surface area (Å²) in [6.07, 6.45) is 3.59. The van der Waals surface area contributed by atoms with E-state index >= 15 is 0 Å². The lowest BCUT2D eigenvalue weighted by Crippen LogP contribution is -2.55. The predicted octanol–water partition coefficient (Wildman–Crippen LogP) is 2.99. The number of nitrogens with one attached hydrogen (secondary N) is 1. The Morgan fingerprint density at radius 3 is 2.95 bits per heavy atom. The molecule has 0 unspecified atom stereocenters. The fourth-order valence-electron chi connectivity index (χ4n) is 2.30. The Hall–Kier alpha value is -1.76. The third-order valence-corrected chi connectivity index (χ3v) is 4.04. The fraction of sp³-hybridized carbons (Fsp3) is 0.200. The van der Waals surface area contributed by atoms with Gasteiger partial charge in [0, 0.05) is 24.6 Å². The van der Waals surface area contributed by atoms with Crippen LogP contribution >= 0.6 is 23.8 Å². The highest BCUT2D eigenvalue weighted by atomic mass is 35.5. The van der Waals surface area contributed by atoms with Crippen molar-refractivity contribution in [2.24, 2.45) is 0 Å². The molecule has 1 fully saturated rings. The van der Waals surface area contributed by atoms with Crippen molar-refractivity contribution in [3.63, 3.8) is 0 Å². The maximum Gasteiger partial charge on any atom is 0.175 e. The van der Waals surface area contributed by atoms with Gasteiger partial charge in [0.25, 0.3) is 0 Å². The highest BCUT2D eigenvalue weighted by Gasteiger charge is 2.22. The van der Waals surface area contributed by atoms with Gasteiger partial charge in [0.05, 0.1) is 18.4 Å². The zero-order chi connectivity index (χ0) is 15.5. The Bertz CT molecular complexity index is 682. The molecule has 0 atom stereocenters. The second-order valence-corrected chi connectivity index (χ2v) is 5.79. The van der Waals surface area contributed by atoms with E-state index in [1.165, 1.54) is 6.07 Å². The summed E-state index contributed by atoms with van der Waals surface area (Å²) in [5.74, 6) is -0.437. The standard InChI is InChI=1S/C15H14ClFN4S/c16-13-6-12(3-4-14(13)17)21-10-20(9-19-15(21)22)8-11-2-1-5-18-7-11/h1-7H,8-10H2,(H,19,22). The van der Waals surface area contributed by atoms with E-state index in [0.717, 1.165) is 17.8 Å². The molecule has 0 bridgehead atoms. The zero-order valence-electron chi connectivity index (χ0n) is 11.7. The number of halogens is 2. The van der Waals surface area contributed by atoms with Crippen molar-refractivity contribution in [3.05, 3.63) is 59.1 Å². The lowest BCUT2D eigenvalue weighted by Gasteiger charge is -2.38. The van der Waals surface area contributed by atoms with Crippen LogP contribution in [-0.2, 0) is 6.54 Å². The molecule has 1 N–H and O–H groups in total. The van der Waals surface area contributed by atoms with Crippen LogP contribution in [0.3, 0.4) is 0 Å². The van der Waals surface area contributed by atoms with E-state index in [1.807, 2.05) is 23.2 Å². The number of benzene rings is 1. The van der Waals surface area contributed by atoms with Gasteiger partial charge in [-0.2, -0.15) is 0 Å². The predicted molar refractivity (Wildman–Crippen MR) is 89.1 cm³/mol. The van der Waals surface area contributed by atoms with Crippen LogP contribution in [0.2, 0.25) is 5.02 Å². The fourth-order valence-corrected chi connectivity index (χ4v) is 2.70. The van der Waals surface area contributed by atoms with E-state index in [2.05, 4.69) is 15.2 Å². The SMILES string of the molecule is Fc1ccc(N2CN(Cc3cccnc3)CNC2=S)cc1Cl. The molecule has 0 radical (unpaired) electrons. The van der Waals surface area contributed by atoms with Crippen molar-refractivity contribution >= 4 is 34.6 Å². The van der Waals surface area contributed by atoms with Crippen molar-refractivity contribution in [3.8, 4) is 0 Å². The second kappa shape index (κ2) is 6.56. The summed E-state index contributed by atoms with van der Waals surface area (Å²) in [5, 5.41) is 3.85. The average molecular weight is 337 g/mol. The molecule has 2 aromatic rings. The summed E-state index contributed by atoms with van der Waals surface area (Å²) in [5.41, 5.74) is 1.88. The number of thiocarbonyl (C=S) groups is 1. The Labute approximate surface area is 138 Å². The maximum absolute atomic E-state index is 13.3. The molecule has 114 valence electrons. The van der Waals surface area contributed by atoms with Gasteiger partial charge in [0.1, 0.15) is 5.82 Å². The maximum atomic E-state index is 13.3. The molecular weight excluding hydrogens is 323 g/mol. The topological polar surface area (TPSA) is 31.4 Å². The van der Waals surface area contributed by atoms with Gasteiger partial charge >= 0.3 is 0 Å². The van der Waals surface area contributed by atoms with Gasteiger partial charge in [-0.1, -0.05) is 17.7 Å². The average Bonchev–Trinajstić information content (AvgIpc) is 2.53. The van der Waals surface area contributed by atoms with Gasteiger partial charge in [-0.3, -0.25) is 9.88 Å². The molecule has 1 aromatic heterocycles. The zero-order valence-corrected chi connectivity index (χ0v) is 13.2. The third kappa shape index (κ3) is 3.35. The van der Waals surface area contributed by atoms with Gasteiger partial charge in [-0.25, -0.2) is 4.39 Å². The quantitative estimate of drug-likeness (QED) is 0.871. The summed E-state index contributed by atoms with van der Waals surface area (Å²) in [6, 6.07) is 8.54. The highest BCUT2D eigenvalue weighted by molar-refractivity contribution is 7.80. The number of hydrogen-bond acceptors (Lipinski definition) is 3. The van der Waals surface area contributed by atoms with Crippen LogP contribution in [0.1, 0.15) is 5.56 Å². The second-order valence-electron chi connectivity index (χ2n) is 5.00. The molecule has 7 heteroatoms. The molecule has 0 amide bonds. The molecule has 4 nitrogen and oxygen atoms in total. The number of anilines is 1. The molecule has 1 aliphatic rings. The number of nitrogens with zero attached hydrogens (tertiary/aromatic N) is 3. The summed E-state index contributed by atoms with van der Waals surface area (Å²) < 4.78 is 13.3. The molecule has 22 heavy (non-hydrogen) atoms. The van der Waals surface area contributed by atoms with Crippen LogP contribution in [0.4, 0.5) is 10.1 Å². The highest BCUT2D eigenvalue weighted by Crippen LogP contribution is 2.24. The smallest absolute Gasteiger partial charge is 0.175 e. The number of hydrogen-bond donors (Lipinski definition) is 1. The van der Waals surface area contributed by atoms with E-state index in [4.69, 9.17) is 23.8 Å². The van der Waals surface area contributed by atoms with Crippen LogP contribution < -0.4 is 10.2 Å². The molecule has 0 spiro atoms. The van der Waals surface area contributed by atoms with E-state index in [-0.39, 0.29) is 5.02 Å². The molecular formula is C15H14ClFN4S. The van der Waals surface area contributed by atoms with Gasteiger partial charge in [0.15, 0.2) is 5.11 Å². The van der Waals surface area contributed by atoms with Crippen molar-refractivity contribution in [2.45, 2.75) is 6.54 Å². The molecule has 1 aromatic carbocycles. The first-order valence-corrected chi connectivity index (χ1v) is 7.54. The van der Waals surface area contributed by atoms with Crippen LogP contribution in [0.5, 0.6) is 0 Å². The Balaban J connectivity index is 1.76. The van der Waals surface area contributed by atoms with Gasteiger partial charge < -0.3 is 10.2 Å². The van der Waals surface area contributed by atoms with E-state index in [9.17, 15) is 4.39 Å². The Morgan fingerprint density at radius 2 is 2.23 bits per heavy atom. The van der Waals surface area contributed by atoms with Crippen molar-refractivity contribution in [1.82, 2.24) is 15.2 Å². The summed E-state index contributed by atoms with van der Waals surface area (Å²) in [6.45, 7) is 2.00. The van der Waals surface area contributed by atoms with Crippen molar-refractivity contribution in [2.75, 3.05) is 18.2 Å². The van der Waals surface area contributed by atoms with E-state index in [0.29, 0.717) is 18.4 Å². The molecule has 1 saturated heterocycles. The molecule has 1 aliphatic heterocycles. The number of pyridine rings is 1. The summed E-state index contributed by atoms with van der Waals surface area (Å²) >= 11 is 11.2. The van der Waals surface area contributed by atoms with Crippen LogP contribution in [0, 0.1) is 5.82 Å². The molecule has 3 rings (SSSR count). The largest absolute Gasteiger partial charge is 0.349 e. The van der Waals surface area contributed by atoms with Gasteiger partial charge in [-0.15, -0.1) is 0 Å². The summed E-state index contributed by atoms with van der Waals surface area (Å²) in [4.78, 5) is 8.18. The molecule has 2 heterocycles. The number of rotatable bonds is 3. The monoisotopic (exact) mass is 336 g/mol. The first-order chi connectivity index (χ1) is 10.6. The Morgan fingerprint density at radius 1 is 1.36 bits per heavy atom. The molecule has 0 saturated carbocycles. The van der Waals surface area contributed by atoms with Gasteiger partial charge in [0.2, 0.25) is 0 Å². The lowest BCUT2D eigenvalue weighted by atomic mass is 10.2. The van der Waals surface area contributed by atoms with Crippen molar-refractivity contribution < 1.29 is 4.39 Å². The normalized spacial score (nSPS) is 15.7. The van der Waals surface area contributed by atoms with Crippen LogP contribution in [0.15, 0.2) is 42.7 Å². The van der Waals surface area contributed by atoms with E-state index in [1.54, 1.807) is 18.3 Å². The Kier molecular flexibility index (Phi) is 4.52. The first-order valence-electron chi connectivity index (χ1n) is 6.75. The third-order valence-electron chi connectivity index (χ3n) is 3.38. The minimum Gasteiger partial charge on any atom is -0.349 e. The van der Waals surface area contributed by atoms with Gasteiger partial charge in [-0.05, 0) is 42.0 Å². The minimum absolute atomic E-state index is 0.0877. The van der Waals surface area contributed by atoms with Crippen LogP contribution in [-0.4, -0.2) is 28.3 Å². The minimum atomic E-state index is -0.437. The lowest BCUT2D eigenvalue weighted by molar-refractivity contribution is 0.252. The van der Waals surface area contributed by atoms with E-state index < -0.39 is 5.82 Å². The molecule has 0 aliphatic carbocycles. The van der Waals surface area contributed by atoms with Crippen LogP contribution in [0.25, 0.3) is 0 Å². The first kappa shape index (κ1) is 15.1. The number of aromatic nitrogens is 1. The summed E-state index contributed by atoms with van der Waals surface area (Å²) in [7, 11) is 0. The van der Waals surface area contributed by atoms with Crippen molar-refractivity contribution in [1.29, 1.82) is 0 Å².